The first-order valence-electron chi connectivity index (χ1n) is 15.0. The predicted molar refractivity (Wildman–Crippen MR) is 152 cm³/mol. The molecule has 0 unspecified atom stereocenters. The van der Waals surface area contributed by atoms with Crippen LogP contribution in [0.1, 0.15) is 39.0 Å². The van der Waals surface area contributed by atoms with Gasteiger partial charge in [0.15, 0.2) is 0 Å². The van der Waals surface area contributed by atoms with Gasteiger partial charge in [0.1, 0.15) is 5.78 Å². The van der Waals surface area contributed by atoms with Gasteiger partial charge in [-0.3, -0.25) is 14.4 Å². The van der Waals surface area contributed by atoms with Crippen molar-refractivity contribution in [2.45, 2.75) is 45.2 Å². The molecular weight excluding hydrogens is 597 g/mol. The topological polar surface area (TPSA) is 149 Å². The summed E-state index contributed by atoms with van der Waals surface area (Å²) in [4.78, 5) is 34.1. The summed E-state index contributed by atoms with van der Waals surface area (Å²) in [6.07, 6.45) is -2.47. The monoisotopic (exact) mass is 648 g/mol. The normalized spacial score (nSPS) is 11.5. The fourth-order valence-electron chi connectivity index (χ4n) is 3.09. The molecule has 16 heteroatoms. The molecule has 0 fully saturated rings. The standard InChI is InChI=1S/C28H51F3N2O11/c1-2-9-37-15-19-41-13-7-32-26(35)6-12-40-18-22-44-24-23-43-21-17-39-11-5-25(34)4-3-10-38-16-20-42-14-8-33-27(36)28(29,30)31/h2-24H2,1H3,(H,32,35)(H,33,36). The molecule has 0 aromatic heterocycles. The van der Waals surface area contributed by atoms with Gasteiger partial charge in [0.05, 0.1) is 92.5 Å². The molecular formula is C28H51F3N2O11. The van der Waals surface area contributed by atoms with E-state index in [1.807, 2.05) is 6.92 Å². The van der Waals surface area contributed by atoms with Gasteiger partial charge in [-0.1, -0.05) is 6.92 Å². The molecule has 0 spiro atoms. The van der Waals surface area contributed by atoms with Crippen molar-refractivity contribution in [2.24, 2.45) is 0 Å². The van der Waals surface area contributed by atoms with Crippen molar-refractivity contribution < 1.29 is 65.4 Å². The van der Waals surface area contributed by atoms with Crippen LogP contribution in [0.15, 0.2) is 0 Å². The minimum atomic E-state index is -4.90. The zero-order chi connectivity index (χ0) is 32.6. The Morgan fingerprint density at radius 1 is 0.500 bits per heavy atom. The highest BCUT2D eigenvalue weighted by Gasteiger charge is 2.38. The van der Waals surface area contributed by atoms with E-state index in [0.717, 1.165) is 13.0 Å². The lowest BCUT2D eigenvalue weighted by molar-refractivity contribution is -0.173. The number of amides is 2. The molecule has 0 saturated heterocycles. The second-order valence-electron chi connectivity index (χ2n) is 9.14. The van der Waals surface area contributed by atoms with Gasteiger partial charge in [0.25, 0.3) is 0 Å². The molecule has 0 aromatic rings. The number of hydrogen-bond acceptors (Lipinski definition) is 11. The van der Waals surface area contributed by atoms with E-state index >= 15 is 0 Å². The number of ketones is 1. The minimum Gasteiger partial charge on any atom is -0.379 e. The molecule has 0 aliphatic carbocycles. The van der Waals surface area contributed by atoms with Crippen molar-refractivity contribution in [2.75, 3.05) is 119 Å². The van der Waals surface area contributed by atoms with Gasteiger partial charge in [-0.2, -0.15) is 13.2 Å². The number of Topliss-reactive ketones (excluding diaryl/α,β-unsaturated/α-hetero) is 1. The van der Waals surface area contributed by atoms with Crippen LogP contribution in [0, 0.1) is 0 Å². The maximum atomic E-state index is 12.0. The van der Waals surface area contributed by atoms with Crippen LogP contribution < -0.4 is 10.6 Å². The van der Waals surface area contributed by atoms with Gasteiger partial charge in [0, 0.05) is 45.6 Å². The minimum absolute atomic E-state index is 0.0523. The molecule has 0 aromatic carbocycles. The summed E-state index contributed by atoms with van der Waals surface area (Å²) < 4.78 is 78.5. The summed E-state index contributed by atoms with van der Waals surface area (Å²) in [6.45, 7) is 8.12. The van der Waals surface area contributed by atoms with Gasteiger partial charge in [-0.15, -0.1) is 0 Å². The van der Waals surface area contributed by atoms with Crippen molar-refractivity contribution in [1.82, 2.24) is 10.6 Å². The Kier molecular flexibility index (Phi) is 29.7. The first-order chi connectivity index (χ1) is 21.3. The molecule has 0 radical (unpaired) electrons. The van der Waals surface area contributed by atoms with Gasteiger partial charge < -0.3 is 48.5 Å². The maximum Gasteiger partial charge on any atom is 0.471 e. The summed E-state index contributed by atoms with van der Waals surface area (Å²) >= 11 is 0. The predicted octanol–water partition coefficient (Wildman–Crippen LogP) is 1.45. The number of hydrogen-bond donors (Lipinski definition) is 2. The Labute approximate surface area is 258 Å². The van der Waals surface area contributed by atoms with Gasteiger partial charge >= 0.3 is 12.1 Å². The Balaban J connectivity index is 3.27. The van der Waals surface area contributed by atoms with Crippen LogP contribution in [0.25, 0.3) is 0 Å². The molecule has 0 aliphatic heterocycles. The van der Waals surface area contributed by atoms with E-state index in [4.69, 9.17) is 37.9 Å². The maximum absolute atomic E-state index is 12.0. The highest BCUT2D eigenvalue weighted by atomic mass is 19.4. The van der Waals surface area contributed by atoms with E-state index in [2.05, 4.69) is 5.32 Å². The van der Waals surface area contributed by atoms with E-state index in [9.17, 15) is 27.6 Å². The van der Waals surface area contributed by atoms with Crippen molar-refractivity contribution in [3.05, 3.63) is 0 Å². The molecule has 0 aliphatic rings. The zero-order valence-electron chi connectivity index (χ0n) is 25.9. The van der Waals surface area contributed by atoms with E-state index in [1.165, 1.54) is 0 Å². The van der Waals surface area contributed by atoms with Crippen molar-refractivity contribution >= 4 is 17.6 Å². The van der Waals surface area contributed by atoms with E-state index in [-0.39, 0.29) is 44.5 Å². The molecule has 2 amide bonds. The molecule has 0 heterocycles. The molecule has 2 N–H and O–H groups in total. The van der Waals surface area contributed by atoms with Crippen LogP contribution in [0.4, 0.5) is 13.2 Å². The van der Waals surface area contributed by atoms with Crippen LogP contribution in [0.3, 0.4) is 0 Å². The quantitative estimate of drug-likeness (QED) is 0.0997. The fraction of sp³-hybridized carbons (Fsp3) is 0.893. The average Bonchev–Trinajstić information content (AvgIpc) is 2.98. The summed E-state index contributed by atoms with van der Waals surface area (Å²) in [5.74, 6) is -2.04. The summed E-state index contributed by atoms with van der Waals surface area (Å²) in [5, 5.41) is 4.46. The third-order valence-electron chi connectivity index (χ3n) is 5.31. The first kappa shape index (κ1) is 42.1. The number of ether oxygens (including phenoxy) is 8. The highest BCUT2D eigenvalue weighted by Crippen LogP contribution is 2.13. The molecule has 0 rings (SSSR count). The Bertz CT molecular complexity index is 704. The van der Waals surface area contributed by atoms with Crippen LogP contribution >= 0.6 is 0 Å². The average molecular weight is 649 g/mol. The van der Waals surface area contributed by atoms with E-state index < -0.39 is 12.1 Å². The SMILES string of the molecule is CCCOCCOCCNC(=O)CCOCCOCCOCCOCCC(=O)CCCOCCOCCNC(=O)C(F)(F)F. The van der Waals surface area contributed by atoms with Crippen LogP contribution in [-0.2, 0) is 52.3 Å². The lowest BCUT2D eigenvalue weighted by Gasteiger charge is -2.09. The van der Waals surface area contributed by atoms with Crippen LogP contribution in [-0.4, -0.2) is 143 Å². The third-order valence-corrected chi connectivity index (χ3v) is 5.31. The molecule has 0 saturated carbocycles. The fourth-order valence-corrected chi connectivity index (χ4v) is 3.09. The second kappa shape index (κ2) is 31.1. The number of carbonyl (C=O) groups is 3. The summed E-state index contributed by atoms with van der Waals surface area (Å²) in [6, 6.07) is 0. The van der Waals surface area contributed by atoms with Crippen LogP contribution in [0.2, 0.25) is 0 Å². The van der Waals surface area contributed by atoms with Gasteiger partial charge in [-0.25, -0.2) is 0 Å². The highest BCUT2D eigenvalue weighted by molar-refractivity contribution is 5.81. The number of carbonyl (C=O) groups excluding carboxylic acids is 3. The van der Waals surface area contributed by atoms with E-state index in [0.29, 0.717) is 105 Å². The van der Waals surface area contributed by atoms with Crippen molar-refractivity contribution in [3.8, 4) is 0 Å². The van der Waals surface area contributed by atoms with Gasteiger partial charge in [0.2, 0.25) is 5.91 Å². The smallest absolute Gasteiger partial charge is 0.379 e. The summed E-state index contributed by atoms with van der Waals surface area (Å²) in [7, 11) is 0. The summed E-state index contributed by atoms with van der Waals surface area (Å²) in [5.41, 5.74) is 0. The third kappa shape index (κ3) is 31.5. The number of alkyl halides is 3. The lowest BCUT2D eigenvalue weighted by atomic mass is 10.2. The molecule has 13 nitrogen and oxygen atoms in total. The second-order valence-corrected chi connectivity index (χ2v) is 9.14. The Hall–Kier alpha value is -1.92. The molecule has 44 heavy (non-hydrogen) atoms. The lowest BCUT2D eigenvalue weighted by Crippen LogP contribution is -2.38. The molecule has 260 valence electrons. The number of halogens is 3. The first-order valence-corrected chi connectivity index (χ1v) is 15.0. The largest absolute Gasteiger partial charge is 0.471 e. The Morgan fingerprint density at radius 2 is 0.909 bits per heavy atom. The van der Waals surface area contributed by atoms with Gasteiger partial charge in [-0.05, 0) is 12.8 Å². The number of nitrogens with one attached hydrogen (secondary N) is 2. The van der Waals surface area contributed by atoms with Crippen molar-refractivity contribution in [1.29, 1.82) is 0 Å². The molecule has 0 bridgehead atoms. The van der Waals surface area contributed by atoms with E-state index in [1.54, 1.807) is 5.32 Å². The Morgan fingerprint density at radius 3 is 1.41 bits per heavy atom. The number of rotatable bonds is 33. The zero-order valence-corrected chi connectivity index (χ0v) is 25.9. The molecule has 0 atom stereocenters. The van der Waals surface area contributed by atoms with Crippen LogP contribution in [0.5, 0.6) is 0 Å². The van der Waals surface area contributed by atoms with Crippen molar-refractivity contribution in [3.63, 3.8) is 0 Å².